The van der Waals surface area contributed by atoms with Gasteiger partial charge in [0.1, 0.15) is 0 Å². The van der Waals surface area contributed by atoms with E-state index in [9.17, 15) is 13.2 Å². The van der Waals surface area contributed by atoms with Crippen molar-refractivity contribution in [2.24, 2.45) is 13.0 Å². The molecule has 1 saturated carbocycles. The van der Waals surface area contributed by atoms with Crippen molar-refractivity contribution in [3.05, 3.63) is 17.5 Å². The van der Waals surface area contributed by atoms with E-state index < -0.39 is 12.1 Å². The van der Waals surface area contributed by atoms with Crippen LogP contribution in [0.15, 0.2) is 6.20 Å². The zero-order valence-corrected chi connectivity index (χ0v) is 12.9. The minimum absolute atomic E-state index is 0.0504. The van der Waals surface area contributed by atoms with Crippen molar-refractivity contribution in [3.8, 4) is 0 Å². The predicted octanol–water partition coefficient (Wildman–Crippen LogP) is 3.75. The van der Waals surface area contributed by atoms with Crippen molar-refractivity contribution in [3.63, 3.8) is 0 Å². The van der Waals surface area contributed by atoms with E-state index in [2.05, 4.69) is 24.3 Å². The van der Waals surface area contributed by atoms with Gasteiger partial charge in [-0.05, 0) is 25.2 Å². The average Bonchev–Trinajstić information content (AvgIpc) is 2.77. The van der Waals surface area contributed by atoms with Gasteiger partial charge in [-0.15, -0.1) is 0 Å². The van der Waals surface area contributed by atoms with E-state index >= 15 is 0 Å². The molecular weight excluding hydrogens is 279 g/mol. The highest BCUT2D eigenvalue weighted by atomic mass is 19.4. The first-order valence-corrected chi connectivity index (χ1v) is 7.60. The molecule has 0 saturated heterocycles. The van der Waals surface area contributed by atoms with Crippen molar-refractivity contribution < 1.29 is 13.2 Å². The Kier molecular flexibility index (Phi) is 4.96. The second kappa shape index (κ2) is 6.38. The van der Waals surface area contributed by atoms with Crippen LogP contribution in [0.2, 0.25) is 0 Å². The van der Waals surface area contributed by atoms with Gasteiger partial charge in [0.15, 0.2) is 0 Å². The lowest BCUT2D eigenvalue weighted by Crippen LogP contribution is -2.38. The molecule has 1 fully saturated rings. The van der Waals surface area contributed by atoms with Crippen molar-refractivity contribution >= 4 is 0 Å². The number of rotatable bonds is 4. The fourth-order valence-electron chi connectivity index (χ4n) is 3.10. The Labute approximate surface area is 123 Å². The van der Waals surface area contributed by atoms with E-state index in [-0.39, 0.29) is 18.9 Å². The first-order chi connectivity index (χ1) is 9.77. The minimum Gasteiger partial charge on any atom is -0.310 e. The Morgan fingerprint density at radius 3 is 2.71 bits per heavy atom. The van der Waals surface area contributed by atoms with Crippen LogP contribution in [0.5, 0.6) is 0 Å². The predicted molar refractivity (Wildman–Crippen MR) is 75.9 cm³/mol. The Morgan fingerprint density at radius 2 is 2.10 bits per heavy atom. The maximum Gasteiger partial charge on any atom is 0.391 e. The molecule has 120 valence electrons. The summed E-state index contributed by atoms with van der Waals surface area (Å²) < 4.78 is 40.2. The summed E-state index contributed by atoms with van der Waals surface area (Å²) in [7, 11) is 1.87. The molecule has 0 spiro atoms. The molecule has 21 heavy (non-hydrogen) atoms. The lowest BCUT2D eigenvalue weighted by atomic mass is 9.85. The maximum atomic E-state index is 12.8. The van der Waals surface area contributed by atoms with Gasteiger partial charge in [-0.25, -0.2) is 0 Å². The highest BCUT2D eigenvalue weighted by molar-refractivity contribution is 5.20. The lowest BCUT2D eigenvalue weighted by Gasteiger charge is -2.31. The van der Waals surface area contributed by atoms with Gasteiger partial charge in [-0.2, -0.15) is 18.3 Å². The van der Waals surface area contributed by atoms with Gasteiger partial charge in [0.2, 0.25) is 0 Å². The molecule has 1 aromatic rings. The van der Waals surface area contributed by atoms with Crippen LogP contribution in [0, 0.1) is 5.92 Å². The third-order valence-corrected chi connectivity index (χ3v) is 4.20. The molecule has 1 heterocycles. The molecule has 0 bridgehead atoms. The van der Waals surface area contributed by atoms with Gasteiger partial charge in [0.05, 0.1) is 11.6 Å². The second-order valence-electron chi connectivity index (χ2n) is 6.35. The van der Waals surface area contributed by atoms with Gasteiger partial charge in [0.25, 0.3) is 0 Å². The van der Waals surface area contributed by atoms with Crippen molar-refractivity contribution in [2.45, 2.75) is 64.2 Å². The van der Waals surface area contributed by atoms with Crippen molar-refractivity contribution in [1.82, 2.24) is 15.1 Å². The number of nitrogens with zero attached hydrogens (tertiary/aromatic N) is 2. The van der Waals surface area contributed by atoms with Crippen LogP contribution in [0.4, 0.5) is 13.2 Å². The molecule has 1 aliphatic carbocycles. The average molecular weight is 303 g/mol. The van der Waals surface area contributed by atoms with E-state index in [1.54, 1.807) is 4.68 Å². The van der Waals surface area contributed by atoms with Gasteiger partial charge in [-0.1, -0.05) is 20.3 Å². The highest BCUT2D eigenvalue weighted by Crippen LogP contribution is 2.37. The summed E-state index contributed by atoms with van der Waals surface area (Å²) in [5.74, 6) is -0.834. The summed E-state index contributed by atoms with van der Waals surface area (Å²) in [4.78, 5) is 0. The first kappa shape index (κ1) is 16.3. The molecule has 2 unspecified atom stereocenters. The Balaban J connectivity index is 1.94. The van der Waals surface area contributed by atoms with E-state index in [1.807, 2.05) is 13.2 Å². The summed E-state index contributed by atoms with van der Waals surface area (Å²) in [6.07, 6.45) is -0.174. The van der Waals surface area contributed by atoms with E-state index in [0.717, 1.165) is 17.7 Å². The zero-order valence-electron chi connectivity index (χ0n) is 12.9. The number of nitrogens with one attached hydrogen (secondary N) is 1. The van der Waals surface area contributed by atoms with Crippen LogP contribution < -0.4 is 5.32 Å². The van der Waals surface area contributed by atoms with Gasteiger partial charge in [-0.3, -0.25) is 4.68 Å². The standard InChI is InChI=1S/C15H24F3N3/c1-10(2)14-11(9-21(3)20-14)8-19-13-6-4-5-12(7-13)15(16,17)18/h9-10,12-13,19H,4-8H2,1-3H3. The Morgan fingerprint density at radius 1 is 1.38 bits per heavy atom. The fourth-order valence-corrected chi connectivity index (χ4v) is 3.10. The number of aryl methyl sites for hydroxylation is 1. The van der Waals surface area contributed by atoms with E-state index in [0.29, 0.717) is 18.9 Å². The topological polar surface area (TPSA) is 29.9 Å². The Bertz CT molecular complexity index is 465. The molecule has 0 aromatic carbocycles. The molecule has 2 atom stereocenters. The van der Waals surface area contributed by atoms with Crippen LogP contribution in [-0.2, 0) is 13.6 Å². The van der Waals surface area contributed by atoms with Crippen molar-refractivity contribution in [1.29, 1.82) is 0 Å². The highest BCUT2D eigenvalue weighted by Gasteiger charge is 2.42. The SMILES string of the molecule is CC(C)c1nn(C)cc1CNC1CCCC(C(F)(F)F)C1. The summed E-state index contributed by atoms with van der Waals surface area (Å²) in [6, 6.07) is -0.0504. The van der Waals surface area contributed by atoms with Crippen LogP contribution in [0.25, 0.3) is 0 Å². The van der Waals surface area contributed by atoms with Crippen molar-refractivity contribution in [2.75, 3.05) is 0 Å². The van der Waals surface area contributed by atoms with Crippen LogP contribution >= 0.6 is 0 Å². The molecular formula is C15H24F3N3. The normalized spacial score (nSPS) is 23.8. The van der Waals surface area contributed by atoms with Crippen LogP contribution in [0.1, 0.15) is 56.7 Å². The number of hydrogen-bond acceptors (Lipinski definition) is 2. The monoisotopic (exact) mass is 303 g/mol. The molecule has 1 aromatic heterocycles. The molecule has 0 aliphatic heterocycles. The first-order valence-electron chi connectivity index (χ1n) is 7.60. The molecule has 0 radical (unpaired) electrons. The maximum absolute atomic E-state index is 12.8. The lowest BCUT2D eigenvalue weighted by molar-refractivity contribution is -0.183. The third-order valence-electron chi connectivity index (χ3n) is 4.20. The van der Waals surface area contributed by atoms with E-state index in [1.165, 1.54) is 0 Å². The second-order valence-corrected chi connectivity index (χ2v) is 6.35. The minimum atomic E-state index is -4.06. The number of hydrogen-bond donors (Lipinski definition) is 1. The smallest absolute Gasteiger partial charge is 0.310 e. The molecule has 2 rings (SSSR count). The quantitative estimate of drug-likeness (QED) is 0.918. The molecule has 3 nitrogen and oxygen atoms in total. The summed E-state index contributed by atoms with van der Waals surface area (Å²) in [5, 5.41) is 7.72. The molecule has 1 aliphatic rings. The van der Waals surface area contributed by atoms with E-state index in [4.69, 9.17) is 0 Å². The molecule has 6 heteroatoms. The summed E-state index contributed by atoms with van der Waals surface area (Å²) in [6.45, 7) is 4.74. The van der Waals surface area contributed by atoms with Gasteiger partial charge >= 0.3 is 6.18 Å². The molecule has 0 amide bonds. The number of alkyl halides is 3. The number of aromatic nitrogens is 2. The third kappa shape index (κ3) is 4.22. The largest absolute Gasteiger partial charge is 0.391 e. The molecule has 1 N–H and O–H groups in total. The van der Waals surface area contributed by atoms with Gasteiger partial charge in [0, 0.05) is 31.4 Å². The Hall–Kier alpha value is -1.04. The summed E-state index contributed by atoms with van der Waals surface area (Å²) in [5.41, 5.74) is 2.11. The van der Waals surface area contributed by atoms with Crippen LogP contribution in [-0.4, -0.2) is 22.0 Å². The number of halogens is 3. The zero-order chi connectivity index (χ0) is 15.6. The van der Waals surface area contributed by atoms with Crippen LogP contribution in [0.3, 0.4) is 0 Å². The fraction of sp³-hybridized carbons (Fsp3) is 0.800. The summed E-state index contributed by atoms with van der Waals surface area (Å²) >= 11 is 0. The van der Waals surface area contributed by atoms with Gasteiger partial charge < -0.3 is 5.32 Å².